The molecule has 1 atom stereocenters. The predicted molar refractivity (Wildman–Crippen MR) is 95.2 cm³/mol. The Hall–Kier alpha value is -2.62. The molecule has 124 valence electrons. The highest BCUT2D eigenvalue weighted by molar-refractivity contribution is 5.96. The first-order valence-corrected chi connectivity index (χ1v) is 8.25. The SMILES string of the molecule is Cc1ccc(N2CC(CNC(=O)c3cccc(C)c3)CC2=O)cc1. The number of rotatable bonds is 4. The van der Waals surface area contributed by atoms with E-state index >= 15 is 0 Å². The van der Waals surface area contributed by atoms with Crippen molar-refractivity contribution in [3.8, 4) is 0 Å². The summed E-state index contributed by atoms with van der Waals surface area (Å²) in [6, 6.07) is 15.5. The Morgan fingerprint density at radius 3 is 2.58 bits per heavy atom. The van der Waals surface area contributed by atoms with Crippen LogP contribution in [0.15, 0.2) is 48.5 Å². The molecule has 1 fully saturated rings. The Kier molecular flexibility index (Phi) is 4.65. The summed E-state index contributed by atoms with van der Waals surface area (Å²) in [5, 5.41) is 2.95. The van der Waals surface area contributed by atoms with E-state index in [4.69, 9.17) is 0 Å². The lowest BCUT2D eigenvalue weighted by Gasteiger charge is -2.17. The summed E-state index contributed by atoms with van der Waals surface area (Å²) >= 11 is 0. The van der Waals surface area contributed by atoms with Crippen molar-refractivity contribution in [3.05, 3.63) is 65.2 Å². The van der Waals surface area contributed by atoms with Crippen LogP contribution in [0.25, 0.3) is 0 Å². The van der Waals surface area contributed by atoms with Crippen LogP contribution in [0.2, 0.25) is 0 Å². The maximum atomic E-state index is 12.2. The van der Waals surface area contributed by atoms with Crippen LogP contribution in [0.1, 0.15) is 27.9 Å². The molecule has 0 saturated carbocycles. The van der Waals surface area contributed by atoms with Gasteiger partial charge in [0.05, 0.1) is 0 Å². The van der Waals surface area contributed by atoms with E-state index in [2.05, 4.69) is 5.32 Å². The predicted octanol–water partition coefficient (Wildman–Crippen LogP) is 3.09. The second kappa shape index (κ2) is 6.87. The number of anilines is 1. The van der Waals surface area contributed by atoms with Crippen molar-refractivity contribution in [1.29, 1.82) is 0 Å². The molecular weight excluding hydrogens is 300 g/mol. The first kappa shape index (κ1) is 16.2. The van der Waals surface area contributed by atoms with E-state index in [0.29, 0.717) is 25.1 Å². The number of nitrogens with zero attached hydrogens (tertiary/aromatic N) is 1. The maximum Gasteiger partial charge on any atom is 0.251 e. The Morgan fingerprint density at radius 2 is 1.88 bits per heavy atom. The molecule has 2 aromatic rings. The van der Waals surface area contributed by atoms with Crippen molar-refractivity contribution >= 4 is 17.5 Å². The molecule has 4 heteroatoms. The third-order valence-electron chi connectivity index (χ3n) is 4.38. The minimum atomic E-state index is -0.0834. The zero-order valence-corrected chi connectivity index (χ0v) is 14.1. The Morgan fingerprint density at radius 1 is 1.12 bits per heavy atom. The van der Waals surface area contributed by atoms with Gasteiger partial charge in [0.2, 0.25) is 5.91 Å². The Bertz CT molecular complexity index is 752. The molecule has 1 aliphatic rings. The van der Waals surface area contributed by atoms with Gasteiger partial charge in [-0.3, -0.25) is 9.59 Å². The lowest BCUT2D eigenvalue weighted by atomic mass is 10.1. The van der Waals surface area contributed by atoms with Crippen LogP contribution in [0, 0.1) is 19.8 Å². The van der Waals surface area contributed by atoms with Crippen LogP contribution in [-0.4, -0.2) is 24.9 Å². The van der Waals surface area contributed by atoms with Gasteiger partial charge in [-0.2, -0.15) is 0 Å². The summed E-state index contributed by atoms with van der Waals surface area (Å²) in [6.45, 7) is 5.15. The van der Waals surface area contributed by atoms with Crippen molar-refractivity contribution in [2.45, 2.75) is 20.3 Å². The second-order valence-corrected chi connectivity index (χ2v) is 6.49. The average Bonchev–Trinajstić information content (AvgIpc) is 2.94. The second-order valence-electron chi connectivity index (χ2n) is 6.49. The molecule has 2 aromatic carbocycles. The van der Waals surface area contributed by atoms with E-state index in [0.717, 1.165) is 11.3 Å². The van der Waals surface area contributed by atoms with Crippen LogP contribution in [-0.2, 0) is 4.79 Å². The van der Waals surface area contributed by atoms with E-state index in [1.165, 1.54) is 5.56 Å². The third-order valence-corrected chi connectivity index (χ3v) is 4.38. The number of carbonyl (C=O) groups is 2. The zero-order valence-electron chi connectivity index (χ0n) is 14.1. The van der Waals surface area contributed by atoms with Crippen LogP contribution in [0.5, 0.6) is 0 Å². The van der Waals surface area contributed by atoms with Crippen molar-refractivity contribution in [2.24, 2.45) is 5.92 Å². The molecule has 2 amide bonds. The molecule has 24 heavy (non-hydrogen) atoms. The number of carbonyl (C=O) groups excluding carboxylic acids is 2. The highest BCUT2D eigenvalue weighted by Crippen LogP contribution is 2.25. The molecule has 1 unspecified atom stereocenters. The molecular formula is C20H22N2O2. The summed E-state index contributed by atoms with van der Waals surface area (Å²) in [7, 11) is 0. The van der Waals surface area contributed by atoms with Crippen molar-refractivity contribution in [2.75, 3.05) is 18.0 Å². The highest BCUT2D eigenvalue weighted by Gasteiger charge is 2.30. The molecule has 0 aromatic heterocycles. The van der Waals surface area contributed by atoms with E-state index in [1.807, 2.05) is 61.2 Å². The smallest absolute Gasteiger partial charge is 0.251 e. The van der Waals surface area contributed by atoms with Gasteiger partial charge in [-0.1, -0.05) is 35.4 Å². The Balaban J connectivity index is 1.58. The van der Waals surface area contributed by atoms with Gasteiger partial charge in [-0.05, 0) is 38.1 Å². The topological polar surface area (TPSA) is 49.4 Å². The molecule has 1 saturated heterocycles. The molecule has 1 aliphatic heterocycles. The average molecular weight is 322 g/mol. The van der Waals surface area contributed by atoms with Crippen LogP contribution < -0.4 is 10.2 Å². The van der Waals surface area contributed by atoms with Crippen molar-refractivity contribution in [3.63, 3.8) is 0 Å². The normalized spacial score (nSPS) is 17.2. The van der Waals surface area contributed by atoms with E-state index in [-0.39, 0.29) is 17.7 Å². The lowest BCUT2D eigenvalue weighted by molar-refractivity contribution is -0.117. The molecule has 0 aliphatic carbocycles. The zero-order chi connectivity index (χ0) is 17.1. The number of aryl methyl sites for hydroxylation is 2. The van der Waals surface area contributed by atoms with Gasteiger partial charge in [0, 0.05) is 36.7 Å². The third kappa shape index (κ3) is 3.65. The van der Waals surface area contributed by atoms with E-state index in [1.54, 1.807) is 6.07 Å². The molecule has 4 nitrogen and oxygen atoms in total. The largest absolute Gasteiger partial charge is 0.352 e. The van der Waals surface area contributed by atoms with E-state index in [9.17, 15) is 9.59 Å². The van der Waals surface area contributed by atoms with Gasteiger partial charge in [-0.15, -0.1) is 0 Å². The van der Waals surface area contributed by atoms with E-state index < -0.39 is 0 Å². The molecule has 1 N–H and O–H groups in total. The minimum Gasteiger partial charge on any atom is -0.352 e. The summed E-state index contributed by atoms with van der Waals surface area (Å²) in [4.78, 5) is 26.3. The molecule has 0 spiro atoms. The number of nitrogens with one attached hydrogen (secondary N) is 1. The maximum absolute atomic E-state index is 12.2. The quantitative estimate of drug-likeness (QED) is 0.940. The highest BCUT2D eigenvalue weighted by atomic mass is 16.2. The number of hydrogen-bond acceptors (Lipinski definition) is 2. The fourth-order valence-corrected chi connectivity index (χ4v) is 3.02. The van der Waals surface area contributed by atoms with Crippen LogP contribution in [0.3, 0.4) is 0 Å². The molecule has 3 rings (SSSR count). The van der Waals surface area contributed by atoms with Crippen LogP contribution >= 0.6 is 0 Å². The summed E-state index contributed by atoms with van der Waals surface area (Å²) < 4.78 is 0. The van der Waals surface area contributed by atoms with Gasteiger partial charge >= 0.3 is 0 Å². The Labute approximate surface area is 142 Å². The van der Waals surface area contributed by atoms with Gasteiger partial charge in [0.1, 0.15) is 0 Å². The molecule has 0 radical (unpaired) electrons. The first-order valence-electron chi connectivity index (χ1n) is 8.25. The fourth-order valence-electron chi connectivity index (χ4n) is 3.02. The minimum absolute atomic E-state index is 0.0834. The monoisotopic (exact) mass is 322 g/mol. The summed E-state index contributed by atoms with van der Waals surface area (Å²) in [5.41, 5.74) is 3.82. The van der Waals surface area contributed by atoms with Gasteiger partial charge < -0.3 is 10.2 Å². The van der Waals surface area contributed by atoms with Crippen molar-refractivity contribution < 1.29 is 9.59 Å². The first-order chi connectivity index (χ1) is 11.5. The lowest BCUT2D eigenvalue weighted by Crippen LogP contribution is -2.31. The number of benzene rings is 2. The molecule has 0 bridgehead atoms. The van der Waals surface area contributed by atoms with Crippen LogP contribution in [0.4, 0.5) is 5.69 Å². The number of hydrogen-bond donors (Lipinski definition) is 1. The molecule has 1 heterocycles. The summed E-state index contributed by atoms with van der Waals surface area (Å²) in [6.07, 6.45) is 0.474. The summed E-state index contributed by atoms with van der Waals surface area (Å²) in [5.74, 6) is 0.182. The van der Waals surface area contributed by atoms with Gasteiger partial charge in [0.15, 0.2) is 0 Å². The standard InChI is InChI=1S/C20H22N2O2/c1-14-6-8-18(9-7-14)22-13-16(11-19(22)23)12-21-20(24)17-5-3-4-15(2)10-17/h3-10,16H,11-13H2,1-2H3,(H,21,24). The fraction of sp³-hybridized carbons (Fsp3) is 0.300. The van der Waals surface area contributed by atoms with Gasteiger partial charge in [0.25, 0.3) is 5.91 Å². The van der Waals surface area contributed by atoms with Crippen molar-refractivity contribution in [1.82, 2.24) is 5.32 Å². The number of amides is 2. The van der Waals surface area contributed by atoms with Gasteiger partial charge in [-0.25, -0.2) is 0 Å².